The van der Waals surface area contributed by atoms with Gasteiger partial charge < -0.3 is 9.47 Å². The zero-order valence-electron chi connectivity index (χ0n) is 14.2. The van der Waals surface area contributed by atoms with E-state index in [1.165, 1.54) is 11.8 Å². The zero-order chi connectivity index (χ0) is 18.6. The standard InChI is InChI=1S/C20H15ClN2O3S/c21-15-4-1-13(2-5-15)16-7-8-22-20(23-16)27-12-17(24)14-3-6-18-19(11-14)26-10-9-25-18/h1-8,11H,9-10,12H2. The Morgan fingerprint density at radius 3 is 2.63 bits per heavy atom. The van der Waals surface area contributed by atoms with Crippen molar-refractivity contribution < 1.29 is 14.3 Å². The predicted octanol–water partition coefficient (Wildman–Crippen LogP) is 4.54. The third kappa shape index (κ3) is 4.23. The minimum atomic E-state index is -0.0162. The number of rotatable bonds is 5. The summed E-state index contributed by atoms with van der Waals surface area (Å²) in [5.41, 5.74) is 2.32. The van der Waals surface area contributed by atoms with E-state index < -0.39 is 0 Å². The van der Waals surface area contributed by atoms with Crippen LogP contribution in [0, 0.1) is 0 Å². The maximum Gasteiger partial charge on any atom is 0.188 e. The van der Waals surface area contributed by atoms with E-state index in [9.17, 15) is 4.79 Å². The molecule has 0 unspecified atom stereocenters. The number of ketones is 1. The Morgan fingerprint density at radius 2 is 1.81 bits per heavy atom. The normalized spacial score (nSPS) is 12.6. The van der Waals surface area contributed by atoms with E-state index >= 15 is 0 Å². The van der Waals surface area contributed by atoms with Crippen LogP contribution in [-0.4, -0.2) is 34.7 Å². The highest BCUT2D eigenvalue weighted by Crippen LogP contribution is 2.31. The van der Waals surface area contributed by atoms with Gasteiger partial charge in [-0.05, 0) is 36.4 Å². The fourth-order valence-electron chi connectivity index (χ4n) is 2.62. The second-order valence-electron chi connectivity index (χ2n) is 5.80. The number of carbonyl (C=O) groups excluding carboxylic acids is 1. The molecular weight excluding hydrogens is 384 g/mol. The number of thioether (sulfide) groups is 1. The summed E-state index contributed by atoms with van der Waals surface area (Å²) in [6.45, 7) is 1.02. The lowest BCUT2D eigenvalue weighted by Gasteiger charge is -2.18. The third-order valence-electron chi connectivity index (χ3n) is 3.97. The maximum absolute atomic E-state index is 12.5. The van der Waals surface area contributed by atoms with E-state index in [-0.39, 0.29) is 11.5 Å². The summed E-state index contributed by atoms with van der Waals surface area (Å²) in [6.07, 6.45) is 1.69. The molecule has 0 atom stereocenters. The Morgan fingerprint density at radius 1 is 1.04 bits per heavy atom. The van der Waals surface area contributed by atoms with E-state index in [0.29, 0.717) is 40.5 Å². The van der Waals surface area contributed by atoms with E-state index in [1.54, 1.807) is 24.4 Å². The van der Waals surface area contributed by atoms with Crippen LogP contribution in [0.2, 0.25) is 5.02 Å². The number of aromatic nitrogens is 2. The Balaban J connectivity index is 1.45. The molecule has 4 rings (SSSR count). The fourth-order valence-corrected chi connectivity index (χ4v) is 3.47. The summed E-state index contributed by atoms with van der Waals surface area (Å²) in [5.74, 6) is 1.50. The number of ether oxygens (including phenoxy) is 2. The van der Waals surface area contributed by atoms with Crippen LogP contribution in [0.25, 0.3) is 11.3 Å². The smallest absolute Gasteiger partial charge is 0.188 e. The molecule has 0 N–H and O–H groups in total. The SMILES string of the molecule is O=C(CSc1nccc(-c2ccc(Cl)cc2)n1)c1ccc2c(c1)OCCO2. The molecule has 0 saturated carbocycles. The molecule has 3 aromatic rings. The van der Waals surface area contributed by atoms with Gasteiger partial charge in [0.15, 0.2) is 22.4 Å². The molecule has 2 heterocycles. The van der Waals surface area contributed by atoms with Crippen LogP contribution in [0.5, 0.6) is 11.5 Å². The van der Waals surface area contributed by atoms with Crippen molar-refractivity contribution >= 4 is 29.1 Å². The lowest BCUT2D eigenvalue weighted by Crippen LogP contribution is -2.16. The van der Waals surface area contributed by atoms with Crippen LogP contribution < -0.4 is 9.47 Å². The number of benzene rings is 2. The van der Waals surface area contributed by atoms with Gasteiger partial charge in [0.2, 0.25) is 0 Å². The molecule has 0 amide bonds. The summed E-state index contributed by atoms with van der Waals surface area (Å²) < 4.78 is 11.0. The number of fused-ring (bicyclic) bond motifs is 1. The van der Waals surface area contributed by atoms with E-state index in [4.69, 9.17) is 21.1 Å². The van der Waals surface area contributed by atoms with Crippen molar-refractivity contribution in [1.29, 1.82) is 0 Å². The van der Waals surface area contributed by atoms with Crippen LogP contribution >= 0.6 is 23.4 Å². The summed E-state index contributed by atoms with van der Waals surface area (Å²) in [5, 5.41) is 1.22. The molecule has 2 aromatic carbocycles. The summed E-state index contributed by atoms with van der Waals surface area (Å²) in [7, 11) is 0. The van der Waals surface area contributed by atoms with Gasteiger partial charge in [-0.1, -0.05) is 35.5 Å². The maximum atomic E-state index is 12.5. The Bertz CT molecular complexity index is 979. The van der Waals surface area contributed by atoms with Gasteiger partial charge in [0.25, 0.3) is 0 Å². The minimum absolute atomic E-state index is 0.0162. The van der Waals surface area contributed by atoms with Crippen molar-refractivity contribution in [2.75, 3.05) is 19.0 Å². The monoisotopic (exact) mass is 398 g/mol. The first-order valence-electron chi connectivity index (χ1n) is 8.34. The highest BCUT2D eigenvalue weighted by atomic mass is 35.5. The van der Waals surface area contributed by atoms with Crippen LogP contribution in [0.1, 0.15) is 10.4 Å². The van der Waals surface area contributed by atoms with Crippen LogP contribution in [0.4, 0.5) is 0 Å². The second-order valence-corrected chi connectivity index (χ2v) is 7.18. The Labute approximate surface area is 165 Å². The molecule has 27 heavy (non-hydrogen) atoms. The molecule has 0 bridgehead atoms. The number of carbonyl (C=O) groups is 1. The molecule has 0 aliphatic carbocycles. The first kappa shape index (κ1) is 17.8. The molecule has 7 heteroatoms. The molecular formula is C20H15ClN2O3S. The number of hydrogen-bond donors (Lipinski definition) is 0. The lowest BCUT2D eigenvalue weighted by molar-refractivity contribution is 0.102. The Hall–Kier alpha value is -2.57. The lowest BCUT2D eigenvalue weighted by atomic mass is 10.1. The second kappa shape index (κ2) is 7.98. The number of hydrogen-bond acceptors (Lipinski definition) is 6. The van der Waals surface area contributed by atoms with Crippen LogP contribution in [-0.2, 0) is 0 Å². The summed E-state index contributed by atoms with van der Waals surface area (Å²) in [4.78, 5) is 21.3. The summed E-state index contributed by atoms with van der Waals surface area (Å²) in [6, 6.07) is 14.5. The summed E-state index contributed by atoms with van der Waals surface area (Å²) >= 11 is 7.23. The Kier molecular flexibility index (Phi) is 5.27. The molecule has 1 aromatic heterocycles. The van der Waals surface area contributed by atoms with E-state index in [2.05, 4.69) is 9.97 Å². The van der Waals surface area contributed by atoms with Crippen molar-refractivity contribution in [1.82, 2.24) is 9.97 Å². The van der Waals surface area contributed by atoms with Crippen molar-refractivity contribution in [2.24, 2.45) is 0 Å². The van der Waals surface area contributed by atoms with Gasteiger partial charge in [-0.25, -0.2) is 9.97 Å². The molecule has 0 spiro atoms. The number of Topliss-reactive ketones (excluding diaryl/α,β-unsaturated/α-hetero) is 1. The molecule has 0 saturated heterocycles. The van der Waals surface area contributed by atoms with E-state index in [1.807, 2.05) is 30.3 Å². The first-order chi connectivity index (χ1) is 13.2. The molecule has 0 radical (unpaired) electrons. The van der Waals surface area contributed by atoms with Gasteiger partial charge in [-0.2, -0.15) is 0 Å². The van der Waals surface area contributed by atoms with Crippen molar-refractivity contribution in [3.63, 3.8) is 0 Å². The molecule has 5 nitrogen and oxygen atoms in total. The highest BCUT2D eigenvalue weighted by molar-refractivity contribution is 7.99. The molecule has 136 valence electrons. The first-order valence-corrected chi connectivity index (χ1v) is 9.70. The average Bonchev–Trinajstić information content (AvgIpc) is 2.72. The molecule has 0 fully saturated rings. The van der Waals surface area contributed by atoms with Crippen LogP contribution in [0.3, 0.4) is 0 Å². The van der Waals surface area contributed by atoms with Gasteiger partial charge in [0.1, 0.15) is 13.2 Å². The van der Waals surface area contributed by atoms with Crippen molar-refractivity contribution in [2.45, 2.75) is 5.16 Å². The fraction of sp³-hybridized carbons (Fsp3) is 0.150. The van der Waals surface area contributed by atoms with Crippen molar-refractivity contribution in [3.05, 3.63) is 65.3 Å². The number of halogens is 1. The van der Waals surface area contributed by atoms with Gasteiger partial charge in [-0.3, -0.25) is 4.79 Å². The van der Waals surface area contributed by atoms with E-state index in [0.717, 1.165) is 11.3 Å². The van der Waals surface area contributed by atoms with Gasteiger partial charge in [0.05, 0.1) is 11.4 Å². The zero-order valence-corrected chi connectivity index (χ0v) is 15.8. The third-order valence-corrected chi connectivity index (χ3v) is 5.08. The highest BCUT2D eigenvalue weighted by Gasteiger charge is 2.15. The molecule has 1 aliphatic rings. The predicted molar refractivity (Wildman–Crippen MR) is 105 cm³/mol. The van der Waals surface area contributed by atoms with Gasteiger partial charge in [-0.15, -0.1) is 0 Å². The van der Waals surface area contributed by atoms with Gasteiger partial charge >= 0.3 is 0 Å². The van der Waals surface area contributed by atoms with Gasteiger partial charge in [0, 0.05) is 22.3 Å². The average molecular weight is 399 g/mol. The number of nitrogens with zero attached hydrogens (tertiary/aromatic N) is 2. The topological polar surface area (TPSA) is 61.3 Å². The minimum Gasteiger partial charge on any atom is -0.486 e. The molecule has 1 aliphatic heterocycles. The quantitative estimate of drug-likeness (QED) is 0.357. The van der Waals surface area contributed by atoms with Crippen molar-refractivity contribution in [3.8, 4) is 22.8 Å². The largest absolute Gasteiger partial charge is 0.486 e. The van der Waals surface area contributed by atoms with Crippen LogP contribution in [0.15, 0.2) is 59.9 Å².